The van der Waals surface area contributed by atoms with Gasteiger partial charge in [-0.3, -0.25) is 0 Å². The van der Waals surface area contributed by atoms with Crippen molar-refractivity contribution in [1.82, 2.24) is 21.3 Å². The number of hydrogen-bond acceptors (Lipinski definition) is 6. The maximum absolute atomic E-state index is 6.45. The van der Waals surface area contributed by atoms with E-state index in [1.807, 2.05) is 0 Å². The molecule has 29 heavy (non-hydrogen) atoms. The van der Waals surface area contributed by atoms with Gasteiger partial charge in [-0.1, -0.05) is 38.5 Å². The predicted octanol–water partition coefficient (Wildman–Crippen LogP) is 1.20. The highest BCUT2D eigenvalue weighted by molar-refractivity contribution is 5.00. The van der Waals surface area contributed by atoms with Gasteiger partial charge in [0.05, 0.1) is 0 Å². The van der Waals surface area contributed by atoms with E-state index in [2.05, 4.69) is 21.3 Å². The zero-order valence-corrected chi connectivity index (χ0v) is 18.4. The Hall–Kier alpha value is -0.240. The minimum absolute atomic E-state index is 0.172. The molecule has 0 bridgehead atoms. The van der Waals surface area contributed by atoms with Crippen LogP contribution < -0.4 is 32.7 Å². The predicted molar refractivity (Wildman–Crippen MR) is 121 cm³/mol. The van der Waals surface area contributed by atoms with Crippen molar-refractivity contribution >= 4 is 0 Å². The fourth-order valence-corrected chi connectivity index (χ4v) is 6.21. The summed E-state index contributed by atoms with van der Waals surface area (Å²) in [5.41, 5.74) is 13.1. The van der Waals surface area contributed by atoms with Crippen LogP contribution in [0.15, 0.2) is 0 Å². The van der Waals surface area contributed by atoms with Crippen molar-refractivity contribution < 1.29 is 0 Å². The second kappa shape index (κ2) is 10.4. The van der Waals surface area contributed by atoms with Gasteiger partial charge >= 0.3 is 0 Å². The van der Waals surface area contributed by atoms with E-state index < -0.39 is 0 Å². The van der Waals surface area contributed by atoms with Gasteiger partial charge in [-0.15, -0.1) is 0 Å². The molecule has 0 aromatic rings. The van der Waals surface area contributed by atoms with Gasteiger partial charge in [0, 0.05) is 67.8 Å². The minimum Gasteiger partial charge on any atom is -0.326 e. The Bertz CT molecular complexity index is 456. The lowest BCUT2D eigenvalue weighted by atomic mass is 9.84. The van der Waals surface area contributed by atoms with E-state index in [1.165, 1.54) is 77.0 Å². The van der Waals surface area contributed by atoms with Crippen LogP contribution in [0.1, 0.15) is 77.0 Å². The van der Waals surface area contributed by atoms with Crippen molar-refractivity contribution in [2.24, 2.45) is 16.9 Å². The van der Waals surface area contributed by atoms with Gasteiger partial charge in [-0.25, -0.2) is 0 Å². The van der Waals surface area contributed by atoms with E-state index in [0.717, 1.165) is 26.2 Å². The molecule has 8 N–H and O–H groups in total. The molecule has 6 nitrogen and oxygen atoms in total. The summed E-state index contributed by atoms with van der Waals surface area (Å²) in [5.74, 6) is 0. The molecule has 4 aliphatic rings. The molecule has 6 unspecified atom stereocenters. The summed E-state index contributed by atoms with van der Waals surface area (Å²) in [7, 11) is 0. The zero-order chi connectivity index (χ0) is 20.1. The van der Waals surface area contributed by atoms with Gasteiger partial charge in [-0.05, 0) is 38.5 Å². The third-order valence-corrected chi connectivity index (χ3v) is 8.36. The second-order valence-corrected chi connectivity index (χ2v) is 10.6. The van der Waals surface area contributed by atoms with Crippen molar-refractivity contribution in [1.29, 1.82) is 0 Å². The number of rotatable bonds is 6. The molecular weight excluding hydrogens is 360 g/mol. The van der Waals surface area contributed by atoms with Crippen molar-refractivity contribution in [3.05, 3.63) is 0 Å². The van der Waals surface area contributed by atoms with Crippen molar-refractivity contribution in [2.75, 3.05) is 26.2 Å². The van der Waals surface area contributed by atoms with Gasteiger partial charge in [0.2, 0.25) is 0 Å². The molecular formula is C23H46N6. The Kier molecular flexibility index (Phi) is 7.87. The first kappa shape index (κ1) is 22.0. The van der Waals surface area contributed by atoms with Crippen LogP contribution in [0.3, 0.4) is 0 Å². The standard InChI is InChI=1S/C23H46N6/c24-17-7-1-3-9-19(17)26-13-23(14-27-20-10-4-2-8-18(20)25)15-28-21-11-5-6-12-22(21)29-16-23/h17-22,26-29H,1-16,24-25H2. The van der Waals surface area contributed by atoms with Crippen LogP contribution in [0, 0.1) is 5.41 Å². The first-order valence-electron chi connectivity index (χ1n) is 12.6. The van der Waals surface area contributed by atoms with Crippen LogP contribution in [-0.4, -0.2) is 62.4 Å². The third kappa shape index (κ3) is 5.72. The Morgan fingerprint density at radius 1 is 0.621 bits per heavy atom. The number of nitrogens with one attached hydrogen (secondary N) is 4. The first-order valence-corrected chi connectivity index (χ1v) is 12.6. The molecule has 4 fully saturated rings. The van der Waals surface area contributed by atoms with E-state index in [0.29, 0.717) is 36.3 Å². The molecule has 0 aromatic carbocycles. The third-order valence-electron chi connectivity index (χ3n) is 8.36. The lowest BCUT2D eigenvalue weighted by molar-refractivity contribution is 0.201. The molecule has 3 saturated carbocycles. The van der Waals surface area contributed by atoms with E-state index in [1.54, 1.807) is 0 Å². The smallest absolute Gasteiger partial charge is 0.0221 e. The van der Waals surface area contributed by atoms with Crippen LogP contribution in [0.5, 0.6) is 0 Å². The van der Waals surface area contributed by atoms with Gasteiger partial charge in [0.1, 0.15) is 0 Å². The maximum atomic E-state index is 6.45. The molecule has 0 radical (unpaired) electrons. The van der Waals surface area contributed by atoms with Crippen molar-refractivity contribution in [2.45, 2.75) is 113 Å². The molecule has 1 heterocycles. The molecule has 1 aliphatic heterocycles. The number of hydrogen-bond donors (Lipinski definition) is 6. The summed E-state index contributed by atoms with van der Waals surface area (Å²) in [6.45, 7) is 4.20. The summed E-state index contributed by atoms with van der Waals surface area (Å²) in [6, 6.07) is 2.86. The molecule has 0 aromatic heterocycles. The highest BCUT2D eigenvalue weighted by atomic mass is 15.1. The molecule has 6 heteroatoms. The van der Waals surface area contributed by atoms with Crippen LogP contribution in [-0.2, 0) is 0 Å². The van der Waals surface area contributed by atoms with Crippen LogP contribution in [0.2, 0.25) is 0 Å². The molecule has 1 saturated heterocycles. The fraction of sp³-hybridized carbons (Fsp3) is 1.00. The van der Waals surface area contributed by atoms with Gasteiger partial charge in [0.25, 0.3) is 0 Å². The SMILES string of the molecule is NC1CCCCC1NCC1(CNC2CCCCC2N)CNC2CCCCC2NC1. The lowest BCUT2D eigenvalue weighted by Crippen LogP contribution is -2.59. The second-order valence-electron chi connectivity index (χ2n) is 10.6. The summed E-state index contributed by atoms with van der Waals surface area (Å²) in [5, 5.41) is 15.8. The number of fused-ring (bicyclic) bond motifs is 1. The van der Waals surface area contributed by atoms with E-state index in [-0.39, 0.29) is 5.41 Å². The first-order chi connectivity index (χ1) is 14.2. The zero-order valence-electron chi connectivity index (χ0n) is 18.4. The molecule has 4 rings (SSSR count). The quantitative estimate of drug-likeness (QED) is 0.396. The minimum atomic E-state index is 0.172. The lowest BCUT2D eigenvalue weighted by Gasteiger charge is -2.40. The topological polar surface area (TPSA) is 100 Å². The fourth-order valence-electron chi connectivity index (χ4n) is 6.21. The number of nitrogens with two attached hydrogens (primary N) is 2. The highest BCUT2D eigenvalue weighted by Gasteiger charge is 2.39. The molecule has 3 aliphatic carbocycles. The Morgan fingerprint density at radius 3 is 1.48 bits per heavy atom. The maximum Gasteiger partial charge on any atom is 0.0221 e. The van der Waals surface area contributed by atoms with Crippen molar-refractivity contribution in [3.8, 4) is 0 Å². The average Bonchev–Trinajstić information content (AvgIpc) is 2.93. The summed E-state index contributed by atoms with van der Waals surface area (Å²) >= 11 is 0. The average molecular weight is 407 g/mol. The molecule has 0 spiro atoms. The van der Waals surface area contributed by atoms with E-state index in [4.69, 9.17) is 11.5 Å². The molecule has 6 atom stereocenters. The van der Waals surface area contributed by atoms with Crippen LogP contribution in [0.25, 0.3) is 0 Å². The molecule has 168 valence electrons. The van der Waals surface area contributed by atoms with Gasteiger partial charge in [0.15, 0.2) is 0 Å². The van der Waals surface area contributed by atoms with Gasteiger partial charge in [-0.2, -0.15) is 0 Å². The van der Waals surface area contributed by atoms with E-state index in [9.17, 15) is 0 Å². The molecule has 0 amide bonds. The van der Waals surface area contributed by atoms with Crippen LogP contribution in [0.4, 0.5) is 0 Å². The van der Waals surface area contributed by atoms with E-state index >= 15 is 0 Å². The monoisotopic (exact) mass is 406 g/mol. The normalized spacial score (nSPS) is 44.1. The summed E-state index contributed by atoms with van der Waals surface area (Å²) in [4.78, 5) is 0. The Labute approximate surface area is 178 Å². The summed E-state index contributed by atoms with van der Waals surface area (Å²) < 4.78 is 0. The van der Waals surface area contributed by atoms with Crippen LogP contribution >= 0.6 is 0 Å². The summed E-state index contributed by atoms with van der Waals surface area (Å²) in [6.07, 6.45) is 15.4. The Morgan fingerprint density at radius 2 is 1.03 bits per heavy atom. The largest absolute Gasteiger partial charge is 0.326 e. The van der Waals surface area contributed by atoms with Crippen molar-refractivity contribution in [3.63, 3.8) is 0 Å². The highest BCUT2D eigenvalue weighted by Crippen LogP contribution is 2.27. The Balaban J connectivity index is 1.40. The van der Waals surface area contributed by atoms with Gasteiger partial charge < -0.3 is 32.7 Å².